The predicted octanol–water partition coefficient (Wildman–Crippen LogP) is 1.42. The Labute approximate surface area is 128 Å². The number of hydrogen-bond acceptors (Lipinski definition) is 5. The Balaban J connectivity index is 2.39. The van der Waals surface area contributed by atoms with Crippen LogP contribution in [-0.4, -0.2) is 31.4 Å². The number of rotatable bonds is 7. The van der Waals surface area contributed by atoms with Crippen LogP contribution in [0.1, 0.15) is 46.7 Å². The molecule has 0 aliphatic heterocycles. The molecule has 1 heterocycles. The van der Waals surface area contributed by atoms with Gasteiger partial charge in [0.15, 0.2) is 0 Å². The van der Waals surface area contributed by atoms with Crippen LogP contribution in [0.4, 0.5) is 10.7 Å². The minimum absolute atomic E-state index is 0.197. The second-order valence-corrected chi connectivity index (χ2v) is 6.23. The Morgan fingerprint density at radius 2 is 2.05 bits per heavy atom. The maximum absolute atomic E-state index is 12.0. The maximum atomic E-state index is 12.0. The van der Waals surface area contributed by atoms with Crippen molar-refractivity contribution < 1.29 is 9.59 Å². The first-order valence-electron chi connectivity index (χ1n) is 7.24. The van der Waals surface area contributed by atoms with Crippen LogP contribution in [0.5, 0.6) is 0 Å². The van der Waals surface area contributed by atoms with Crippen molar-refractivity contribution in [3.05, 3.63) is 10.4 Å². The number of carbonyl (C=O) groups is 2. The van der Waals surface area contributed by atoms with Crippen LogP contribution in [0.2, 0.25) is 0 Å². The molecule has 116 valence electrons. The van der Waals surface area contributed by atoms with Crippen molar-refractivity contribution in [3.8, 4) is 0 Å². The summed E-state index contributed by atoms with van der Waals surface area (Å²) < 4.78 is 0. The molecule has 1 aromatic rings. The molecule has 2 rings (SSSR count). The zero-order valence-corrected chi connectivity index (χ0v) is 13.3. The highest BCUT2D eigenvalue weighted by Crippen LogP contribution is 2.40. The third-order valence-electron chi connectivity index (χ3n) is 3.56. The van der Waals surface area contributed by atoms with Crippen molar-refractivity contribution in [2.75, 3.05) is 30.3 Å². The van der Waals surface area contributed by atoms with Gasteiger partial charge in [0.2, 0.25) is 0 Å². The number of thiophene rings is 1. The molecule has 1 aromatic heterocycles. The summed E-state index contributed by atoms with van der Waals surface area (Å²) in [5, 5.41) is 3.43. The molecule has 0 unspecified atom stereocenters. The van der Waals surface area contributed by atoms with E-state index in [1.807, 2.05) is 13.8 Å². The molecule has 1 aliphatic rings. The summed E-state index contributed by atoms with van der Waals surface area (Å²) in [7, 11) is 0. The Morgan fingerprint density at radius 1 is 1.38 bits per heavy atom. The SMILES string of the molecule is CCNC(=O)c1sc(N(CC)CC2CC2)c(C(N)=O)c1N. The number of primary amides is 1. The molecule has 0 bridgehead atoms. The molecular weight excluding hydrogens is 288 g/mol. The Morgan fingerprint density at radius 3 is 2.52 bits per heavy atom. The summed E-state index contributed by atoms with van der Waals surface area (Å²) >= 11 is 1.25. The van der Waals surface area contributed by atoms with Crippen LogP contribution < -0.4 is 21.7 Å². The van der Waals surface area contributed by atoms with Crippen molar-refractivity contribution in [2.45, 2.75) is 26.7 Å². The first kappa shape index (κ1) is 15.6. The van der Waals surface area contributed by atoms with Crippen molar-refractivity contribution >= 4 is 33.8 Å². The molecule has 0 aromatic carbocycles. The standard InChI is InChI=1S/C14H22N4O2S/c1-3-17-13(20)11-10(15)9(12(16)19)14(21-11)18(4-2)7-8-5-6-8/h8H,3-7,15H2,1-2H3,(H2,16,19)(H,17,20). The summed E-state index contributed by atoms with van der Waals surface area (Å²) in [5.74, 6) is -0.165. The van der Waals surface area contributed by atoms with Gasteiger partial charge in [0.05, 0.1) is 11.3 Å². The quantitative estimate of drug-likeness (QED) is 0.708. The van der Waals surface area contributed by atoms with Gasteiger partial charge >= 0.3 is 0 Å². The van der Waals surface area contributed by atoms with Crippen LogP contribution in [0.25, 0.3) is 0 Å². The van der Waals surface area contributed by atoms with E-state index in [-0.39, 0.29) is 17.2 Å². The van der Waals surface area contributed by atoms with Gasteiger partial charge < -0.3 is 21.7 Å². The Bertz CT molecular complexity index is 551. The van der Waals surface area contributed by atoms with E-state index in [4.69, 9.17) is 11.5 Å². The van der Waals surface area contributed by atoms with Crippen molar-refractivity contribution in [2.24, 2.45) is 11.7 Å². The van der Waals surface area contributed by atoms with E-state index >= 15 is 0 Å². The first-order chi connectivity index (χ1) is 9.99. The minimum atomic E-state index is -0.580. The lowest BCUT2D eigenvalue weighted by molar-refractivity contribution is 0.0960. The number of nitrogen functional groups attached to an aromatic ring is 1. The van der Waals surface area contributed by atoms with Crippen molar-refractivity contribution in [1.29, 1.82) is 0 Å². The van der Waals surface area contributed by atoms with E-state index in [9.17, 15) is 9.59 Å². The van der Waals surface area contributed by atoms with Gasteiger partial charge in [-0.25, -0.2) is 0 Å². The van der Waals surface area contributed by atoms with E-state index < -0.39 is 5.91 Å². The number of nitrogens with one attached hydrogen (secondary N) is 1. The minimum Gasteiger partial charge on any atom is -0.397 e. The average molecular weight is 310 g/mol. The molecule has 1 saturated carbocycles. The van der Waals surface area contributed by atoms with Gasteiger partial charge in [0.1, 0.15) is 9.88 Å². The topological polar surface area (TPSA) is 101 Å². The Kier molecular flexibility index (Phi) is 4.72. The number of nitrogens with two attached hydrogens (primary N) is 2. The summed E-state index contributed by atoms with van der Waals surface area (Å²) in [6, 6.07) is 0. The number of hydrogen-bond donors (Lipinski definition) is 3. The van der Waals surface area contributed by atoms with E-state index in [1.165, 1.54) is 24.2 Å². The van der Waals surface area contributed by atoms with Crippen LogP contribution in [0.15, 0.2) is 0 Å². The van der Waals surface area contributed by atoms with Crippen LogP contribution >= 0.6 is 11.3 Å². The predicted molar refractivity (Wildman–Crippen MR) is 85.9 cm³/mol. The zero-order chi connectivity index (χ0) is 15.6. The fourth-order valence-electron chi connectivity index (χ4n) is 2.27. The third-order valence-corrected chi connectivity index (χ3v) is 4.83. The van der Waals surface area contributed by atoms with Crippen molar-refractivity contribution in [3.63, 3.8) is 0 Å². The fraction of sp³-hybridized carbons (Fsp3) is 0.571. The summed E-state index contributed by atoms with van der Waals surface area (Å²) in [6.45, 7) is 6.01. The molecule has 1 fully saturated rings. The molecule has 5 N–H and O–H groups in total. The molecule has 0 radical (unpaired) electrons. The molecule has 6 nitrogen and oxygen atoms in total. The normalized spacial score (nSPS) is 14.0. The number of amides is 2. The van der Waals surface area contributed by atoms with E-state index in [0.29, 0.717) is 17.3 Å². The first-order valence-corrected chi connectivity index (χ1v) is 8.06. The molecule has 0 atom stereocenters. The largest absolute Gasteiger partial charge is 0.397 e. The molecule has 1 aliphatic carbocycles. The van der Waals surface area contributed by atoms with Crippen LogP contribution in [-0.2, 0) is 0 Å². The summed E-state index contributed by atoms with van der Waals surface area (Å²) in [4.78, 5) is 26.3. The summed E-state index contributed by atoms with van der Waals surface area (Å²) in [5.41, 5.74) is 11.9. The molecular formula is C14H22N4O2S. The highest BCUT2D eigenvalue weighted by Gasteiger charge is 2.30. The number of carbonyl (C=O) groups excluding carboxylic acids is 2. The monoisotopic (exact) mass is 310 g/mol. The molecule has 21 heavy (non-hydrogen) atoms. The lowest BCUT2D eigenvalue weighted by atomic mass is 10.2. The van der Waals surface area contributed by atoms with E-state index in [2.05, 4.69) is 10.2 Å². The molecule has 0 saturated heterocycles. The highest BCUT2D eigenvalue weighted by molar-refractivity contribution is 7.19. The van der Waals surface area contributed by atoms with E-state index in [0.717, 1.165) is 18.1 Å². The van der Waals surface area contributed by atoms with Gasteiger partial charge in [0.25, 0.3) is 11.8 Å². The van der Waals surface area contributed by atoms with Crippen LogP contribution in [0, 0.1) is 5.92 Å². The third kappa shape index (κ3) is 3.29. The molecule has 0 spiro atoms. The van der Waals surface area contributed by atoms with Gasteiger partial charge in [-0.05, 0) is 32.6 Å². The second kappa shape index (κ2) is 6.34. The fourth-order valence-corrected chi connectivity index (χ4v) is 3.48. The smallest absolute Gasteiger partial charge is 0.263 e. The maximum Gasteiger partial charge on any atom is 0.263 e. The van der Waals surface area contributed by atoms with Gasteiger partial charge in [-0.15, -0.1) is 11.3 Å². The van der Waals surface area contributed by atoms with Gasteiger partial charge in [-0.1, -0.05) is 0 Å². The molecule has 7 heteroatoms. The number of anilines is 2. The van der Waals surface area contributed by atoms with Crippen molar-refractivity contribution in [1.82, 2.24) is 5.32 Å². The lowest BCUT2D eigenvalue weighted by Crippen LogP contribution is -2.27. The van der Waals surface area contributed by atoms with Crippen LogP contribution in [0.3, 0.4) is 0 Å². The van der Waals surface area contributed by atoms with E-state index in [1.54, 1.807) is 0 Å². The van der Waals surface area contributed by atoms with Gasteiger partial charge in [-0.3, -0.25) is 9.59 Å². The lowest BCUT2D eigenvalue weighted by Gasteiger charge is -2.22. The molecule has 2 amide bonds. The van der Waals surface area contributed by atoms with Gasteiger partial charge in [-0.2, -0.15) is 0 Å². The second-order valence-electron chi connectivity index (χ2n) is 5.23. The summed E-state index contributed by atoms with van der Waals surface area (Å²) in [6.07, 6.45) is 2.43. The average Bonchev–Trinajstić information content (AvgIpc) is 3.18. The highest BCUT2D eigenvalue weighted by atomic mass is 32.1. The number of nitrogens with zero attached hydrogens (tertiary/aromatic N) is 1. The van der Waals surface area contributed by atoms with Gasteiger partial charge in [0, 0.05) is 19.6 Å². The zero-order valence-electron chi connectivity index (χ0n) is 12.4. The Hall–Kier alpha value is -1.76.